The lowest BCUT2D eigenvalue weighted by Gasteiger charge is -2.34. The van der Waals surface area contributed by atoms with Crippen LogP contribution < -0.4 is 4.90 Å². The van der Waals surface area contributed by atoms with Gasteiger partial charge in [0.05, 0.1) is 5.54 Å². The van der Waals surface area contributed by atoms with Crippen LogP contribution in [0.5, 0.6) is 0 Å². The van der Waals surface area contributed by atoms with Crippen molar-refractivity contribution in [3.63, 3.8) is 0 Å². The third kappa shape index (κ3) is 3.29. The van der Waals surface area contributed by atoms with Gasteiger partial charge in [-0.3, -0.25) is 4.99 Å². The Morgan fingerprint density at radius 1 is 1.33 bits per heavy atom. The number of aliphatic imine (C=N–C) groups is 1. The molecule has 0 saturated carbocycles. The van der Waals surface area contributed by atoms with Gasteiger partial charge in [0.25, 0.3) is 0 Å². The molecule has 0 N–H and O–H groups in total. The molecular weight excluding hydrogens is 308 g/mol. The lowest BCUT2D eigenvalue weighted by molar-refractivity contribution is 0.476. The van der Waals surface area contributed by atoms with Crippen molar-refractivity contribution in [2.45, 2.75) is 38.0 Å². The van der Waals surface area contributed by atoms with E-state index in [1.165, 1.54) is 5.69 Å². The summed E-state index contributed by atoms with van der Waals surface area (Å²) in [5.41, 5.74) is 1.22. The van der Waals surface area contributed by atoms with Crippen LogP contribution in [-0.4, -0.2) is 23.0 Å². The molecule has 1 aromatic rings. The largest absolute Gasteiger partial charge is 0.324 e. The maximum Gasteiger partial charge on any atom is 0.164 e. The topological polar surface area (TPSA) is 15.6 Å². The van der Waals surface area contributed by atoms with Crippen LogP contribution in [0.3, 0.4) is 0 Å². The molecule has 1 aromatic carbocycles. The lowest BCUT2D eigenvalue weighted by atomic mass is 10.00. The van der Waals surface area contributed by atoms with E-state index in [0.717, 1.165) is 16.1 Å². The SMILES string of the molecule is CC1CC(C)(C)N=C(N(C)c2ccc(Br)cc2)S1. The van der Waals surface area contributed by atoms with Crippen LogP contribution >= 0.6 is 27.7 Å². The van der Waals surface area contributed by atoms with Gasteiger partial charge in [0.2, 0.25) is 0 Å². The van der Waals surface area contributed by atoms with Gasteiger partial charge in [-0.15, -0.1) is 0 Å². The number of halogens is 1. The molecule has 0 spiro atoms. The van der Waals surface area contributed by atoms with Gasteiger partial charge in [-0.1, -0.05) is 34.6 Å². The smallest absolute Gasteiger partial charge is 0.164 e. The van der Waals surface area contributed by atoms with E-state index in [4.69, 9.17) is 4.99 Å². The van der Waals surface area contributed by atoms with E-state index in [1.807, 2.05) is 11.8 Å². The molecule has 1 unspecified atom stereocenters. The molecule has 1 heterocycles. The normalized spacial score (nSPS) is 22.5. The molecule has 0 amide bonds. The first kappa shape index (κ1) is 13.9. The zero-order valence-corrected chi connectivity index (χ0v) is 13.7. The monoisotopic (exact) mass is 326 g/mol. The van der Waals surface area contributed by atoms with Crippen molar-refractivity contribution in [3.8, 4) is 0 Å². The fourth-order valence-corrected chi connectivity index (χ4v) is 3.86. The highest BCUT2D eigenvalue weighted by Crippen LogP contribution is 2.34. The molecule has 1 atom stereocenters. The minimum absolute atomic E-state index is 0.0453. The molecular formula is C14H19BrN2S. The van der Waals surface area contributed by atoms with Crippen LogP contribution in [0, 0.1) is 0 Å². The number of hydrogen-bond acceptors (Lipinski definition) is 3. The highest BCUT2D eigenvalue weighted by Gasteiger charge is 2.29. The Morgan fingerprint density at radius 2 is 1.94 bits per heavy atom. The standard InChI is InChI=1S/C14H19BrN2S/c1-10-9-14(2,3)16-13(18-10)17(4)12-7-5-11(15)6-8-12/h5-8,10H,9H2,1-4H3. The summed E-state index contributed by atoms with van der Waals surface area (Å²) < 4.78 is 1.10. The van der Waals surface area contributed by atoms with E-state index in [9.17, 15) is 0 Å². The summed E-state index contributed by atoms with van der Waals surface area (Å²) in [5, 5.41) is 1.73. The Kier molecular flexibility index (Phi) is 4.07. The maximum atomic E-state index is 4.86. The average Bonchev–Trinajstić information content (AvgIpc) is 2.26. The Balaban J connectivity index is 2.25. The molecule has 0 aliphatic carbocycles. The third-order valence-electron chi connectivity index (χ3n) is 2.99. The third-order valence-corrected chi connectivity index (χ3v) is 4.67. The molecule has 1 aliphatic rings. The summed E-state index contributed by atoms with van der Waals surface area (Å²) in [5.74, 6) is 0. The van der Waals surface area contributed by atoms with Crippen LogP contribution in [0.4, 0.5) is 5.69 Å². The van der Waals surface area contributed by atoms with Crippen molar-refractivity contribution in [1.29, 1.82) is 0 Å². The number of rotatable bonds is 1. The first-order valence-electron chi connectivity index (χ1n) is 6.13. The zero-order valence-electron chi connectivity index (χ0n) is 11.3. The molecule has 1 aliphatic heterocycles. The summed E-state index contributed by atoms with van der Waals surface area (Å²) in [6.07, 6.45) is 1.13. The highest BCUT2D eigenvalue weighted by atomic mass is 79.9. The van der Waals surface area contributed by atoms with E-state index in [0.29, 0.717) is 5.25 Å². The summed E-state index contributed by atoms with van der Waals surface area (Å²) in [6.45, 7) is 6.69. The average molecular weight is 327 g/mol. The Labute approximate surface area is 122 Å². The van der Waals surface area contributed by atoms with Crippen molar-refractivity contribution in [2.24, 2.45) is 4.99 Å². The summed E-state index contributed by atoms with van der Waals surface area (Å²) >= 11 is 5.32. The van der Waals surface area contributed by atoms with Gasteiger partial charge in [-0.2, -0.15) is 0 Å². The lowest BCUT2D eigenvalue weighted by Crippen LogP contribution is -2.35. The van der Waals surface area contributed by atoms with E-state index in [2.05, 4.69) is 72.9 Å². The molecule has 0 fully saturated rings. The van der Waals surface area contributed by atoms with Crippen LogP contribution in [0.1, 0.15) is 27.2 Å². The van der Waals surface area contributed by atoms with Crippen molar-refractivity contribution < 1.29 is 0 Å². The first-order valence-corrected chi connectivity index (χ1v) is 7.80. The van der Waals surface area contributed by atoms with Crippen LogP contribution in [0.15, 0.2) is 33.7 Å². The predicted molar refractivity (Wildman–Crippen MR) is 85.7 cm³/mol. The Bertz CT molecular complexity index is 453. The summed E-state index contributed by atoms with van der Waals surface area (Å²) in [7, 11) is 2.09. The van der Waals surface area contributed by atoms with Crippen LogP contribution in [0.25, 0.3) is 0 Å². The molecule has 0 aromatic heterocycles. The number of anilines is 1. The van der Waals surface area contributed by atoms with Gasteiger partial charge in [-0.25, -0.2) is 0 Å². The summed E-state index contributed by atoms with van der Waals surface area (Å²) in [4.78, 5) is 7.03. The van der Waals surface area contributed by atoms with Crippen molar-refractivity contribution in [1.82, 2.24) is 0 Å². The molecule has 98 valence electrons. The number of nitrogens with zero attached hydrogens (tertiary/aromatic N) is 2. The Hall–Kier alpha value is -0.480. The molecule has 2 nitrogen and oxygen atoms in total. The van der Waals surface area contributed by atoms with Gasteiger partial charge >= 0.3 is 0 Å². The molecule has 0 saturated heterocycles. The fourth-order valence-electron chi connectivity index (χ4n) is 2.19. The van der Waals surface area contributed by atoms with E-state index in [-0.39, 0.29) is 5.54 Å². The Morgan fingerprint density at radius 3 is 2.50 bits per heavy atom. The van der Waals surface area contributed by atoms with Gasteiger partial charge in [0.15, 0.2) is 5.17 Å². The van der Waals surface area contributed by atoms with Crippen LogP contribution in [-0.2, 0) is 0 Å². The number of hydrogen-bond donors (Lipinski definition) is 0. The second kappa shape index (κ2) is 5.25. The predicted octanol–water partition coefficient (Wildman–Crippen LogP) is 4.55. The maximum absolute atomic E-state index is 4.86. The molecule has 0 bridgehead atoms. The van der Waals surface area contributed by atoms with Gasteiger partial charge < -0.3 is 4.90 Å². The minimum atomic E-state index is 0.0453. The van der Waals surface area contributed by atoms with Gasteiger partial charge in [-0.05, 0) is 44.5 Å². The quantitative estimate of drug-likeness (QED) is 0.752. The molecule has 18 heavy (non-hydrogen) atoms. The summed E-state index contributed by atoms with van der Waals surface area (Å²) in [6, 6.07) is 8.35. The second-order valence-corrected chi connectivity index (χ2v) is 7.70. The number of benzene rings is 1. The number of amidine groups is 1. The minimum Gasteiger partial charge on any atom is -0.324 e. The van der Waals surface area contributed by atoms with Crippen molar-refractivity contribution in [2.75, 3.05) is 11.9 Å². The zero-order chi connectivity index (χ0) is 13.3. The van der Waals surface area contributed by atoms with Gasteiger partial charge in [0, 0.05) is 22.5 Å². The highest BCUT2D eigenvalue weighted by molar-refractivity contribution is 9.10. The molecule has 0 radical (unpaired) electrons. The van der Waals surface area contributed by atoms with E-state index < -0.39 is 0 Å². The van der Waals surface area contributed by atoms with E-state index in [1.54, 1.807) is 0 Å². The van der Waals surface area contributed by atoms with Crippen LogP contribution in [0.2, 0.25) is 0 Å². The first-order chi connectivity index (χ1) is 8.37. The fraction of sp³-hybridized carbons (Fsp3) is 0.500. The second-order valence-electron chi connectivity index (χ2n) is 5.37. The number of thioether (sulfide) groups is 1. The van der Waals surface area contributed by atoms with E-state index >= 15 is 0 Å². The van der Waals surface area contributed by atoms with Crippen molar-refractivity contribution >= 4 is 38.5 Å². The molecule has 2 rings (SSSR count). The van der Waals surface area contributed by atoms with Gasteiger partial charge in [0.1, 0.15) is 0 Å². The van der Waals surface area contributed by atoms with Crippen molar-refractivity contribution in [3.05, 3.63) is 28.7 Å². The molecule has 4 heteroatoms.